The summed E-state index contributed by atoms with van der Waals surface area (Å²) >= 11 is 0. The van der Waals surface area contributed by atoms with Gasteiger partial charge in [0.15, 0.2) is 5.78 Å². The Morgan fingerprint density at radius 3 is 2.19 bits per heavy atom. The number of phenolic OH excluding ortho intramolecular Hbond substituents is 1. The van der Waals surface area contributed by atoms with Crippen molar-refractivity contribution in [1.82, 2.24) is 0 Å². The van der Waals surface area contributed by atoms with Crippen LogP contribution >= 0.6 is 0 Å². The van der Waals surface area contributed by atoms with Gasteiger partial charge in [0, 0.05) is 17.0 Å². The average molecular weight is 371 g/mol. The van der Waals surface area contributed by atoms with E-state index >= 15 is 0 Å². The number of rotatable bonds is 8. The van der Waals surface area contributed by atoms with Gasteiger partial charge < -0.3 is 5.11 Å². The van der Waals surface area contributed by atoms with Gasteiger partial charge in [-0.25, -0.2) is 4.39 Å². The Morgan fingerprint density at radius 1 is 1.00 bits per heavy atom. The number of ketones is 1. The number of aromatic hydroxyl groups is 1. The number of phenols is 1. The summed E-state index contributed by atoms with van der Waals surface area (Å²) in [5, 5.41) is 11.0. The van der Waals surface area contributed by atoms with Crippen molar-refractivity contribution in [1.29, 1.82) is 0 Å². The van der Waals surface area contributed by atoms with Crippen LogP contribution in [0, 0.1) is 26.6 Å². The summed E-state index contributed by atoms with van der Waals surface area (Å²) in [7, 11) is 0. The van der Waals surface area contributed by atoms with E-state index in [1.807, 2.05) is 20.8 Å². The third-order valence-corrected chi connectivity index (χ3v) is 5.65. The Balaban J connectivity index is 2.60. The van der Waals surface area contributed by atoms with E-state index in [-0.39, 0.29) is 23.3 Å². The molecule has 1 N–H and O–H groups in total. The SMILES string of the molecule is CCCCCCC(c1ccc(F)cc1)c1c(C)c(C(C)=O)c(C)c(C)c1O. The van der Waals surface area contributed by atoms with Crippen molar-refractivity contribution in [2.75, 3.05) is 0 Å². The first-order valence-corrected chi connectivity index (χ1v) is 9.88. The van der Waals surface area contributed by atoms with Crippen LogP contribution in [0.3, 0.4) is 0 Å². The number of carbonyl (C=O) groups excluding carboxylic acids is 1. The summed E-state index contributed by atoms with van der Waals surface area (Å²) in [4.78, 5) is 12.3. The fraction of sp³-hybridized carbons (Fsp3) is 0.458. The predicted molar refractivity (Wildman–Crippen MR) is 109 cm³/mol. The molecule has 2 rings (SSSR count). The van der Waals surface area contributed by atoms with E-state index in [2.05, 4.69) is 6.92 Å². The van der Waals surface area contributed by atoms with Gasteiger partial charge >= 0.3 is 0 Å². The molecule has 0 saturated heterocycles. The molecule has 3 heteroatoms. The highest BCUT2D eigenvalue weighted by Gasteiger charge is 2.26. The molecule has 2 aromatic rings. The van der Waals surface area contributed by atoms with Gasteiger partial charge in [-0.15, -0.1) is 0 Å². The van der Waals surface area contributed by atoms with Crippen LogP contribution in [0.1, 0.15) is 90.0 Å². The molecule has 0 aliphatic rings. The van der Waals surface area contributed by atoms with Crippen molar-refractivity contribution < 1.29 is 14.3 Å². The second-order valence-corrected chi connectivity index (χ2v) is 7.52. The lowest BCUT2D eigenvalue weighted by Gasteiger charge is -2.25. The van der Waals surface area contributed by atoms with E-state index in [0.29, 0.717) is 5.56 Å². The van der Waals surface area contributed by atoms with Gasteiger partial charge in [0.25, 0.3) is 0 Å². The second-order valence-electron chi connectivity index (χ2n) is 7.52. The molecule has 0 aliphatic heterocycles. The van der Waals surface area contributed by atoms with Gasteiger partial charge in [-0.05, 0) is 68.5 Å². The van der Waals surface area contributed by atoms with Gasteiger partial charge in [-0.1, -0.05) is 44.7 Å². The maximum absolute atomic E-state index is 13.5. The molecule has 0 saturated carbocycles. The van der Waals surface area contributed by atoms with Crippen molar-refractivity contribution in [2.45, 2.75) is 72.6 Å². The highest BCUT2D eigenvalue weighted by Crippen LogP contribution is 2.42. The lowest BCUT2D eigenvalue weighted by molar-refractivity contribution is 0.101. The van der Waals surface area contributed by atoms with E-state index in [0.717, 1.165) is 53.5 Å². The van der Waals surface area contributed by atoms with Gasteiger partial charge in [0.05, 0.1) is 0 Å². The van der Waals surface area contributed by atoms with Crippen LogP contribution in [0.2, 0.25) is 0 Å². The average Bonchev–Trinajstić information content (AvgIpc) is 2.62. The molecule has 0 spiro atoms. The molecule has 0 amide bonds. The fourth-order valence-electron chi connectivity index (χ4n) is 4.06. The molecule has 2 aromatic carbocycles. The quantitative estimate of drug-likeness (QED) is 0.411. The van der Waals surface area contributed by atoms with Gasteiger partial charge in [-0.3, -0.25) is 4.79 Å². The largest absolute Gasteiger partial charge is 0.507 e. The van der Waals surface area contributed by atoms with Crippen molar-refractivity contribution in [3.05, 3.63) is 63.5 Å². The third kappa shape index (κ3) is 4.58. The van der Waals surface area contributed by atoms with Gasteiger partial charge in [-0.2, -0.15) is 0 Å². The first kappa shape index (κ1) is 21.1. The zero-order valence-corrected chi connectivity index (χ0v) is 17.2. The van der Waals surface area contributed by atoms with E-state index in [4.69, 9.17) is 0 Å². The normalized spacial score (nSPS) is 12.2. The number of halogens is 1. The number of carbonyl (C=O) groups is 1. The number of unbranched alkanes of at least 4 members (excludes halogenated alkanes) is 3. The van der Waals surface area contributed by atoms with Gasteiger partial charge in [0.1, 0.15) is 11.6 Å². The monoisotopic (exact) mass is 370 g/mol. The predicted octanol–water partition coefficient (Wildman–Crippen LogP) is 6.76. The van der Waals surface area contributed by atoms with Crippen LogP contribution < -0.4 is 0 Å². The number of hydrogen-bond acceptors (Lipinski definition) is 2. The Kier molecular flexibility index (Phi) is 7.18. The van der Waals surface area contributed by atoms with E-state index in [1.54, 1.807) is 19.1 Å². The minimum atomic E-state index is -0.270. The van der Waals surface area contributed by atoms with E-state index in [1.165, 1.54) is 18.6 Å². The molecule has 0 aliphatic carbocycles. The number of hydrogen-bond donors (Lipinski definition) is 1. The van der Waals surface area contributed by atoms with Crippen LogP contribution in [0.15, 0.2) is 24.3 Å². The number of benzene rings is 2. The van der Waals surface area contributed by atoms with Crippen LogP contribution in [0.4, 0.5) is 4.39 Å². The summed E-state index contributed by atoms with van der Waals surface area (Å²) in [6, 6.07) is 6.52. The molecule has 1 atom stereocenters. The Labute approximate surface area is 162 Å². The summed E-state index contributed by atoms with van der Waals surface area (Å²) in [5.74, 6) is -0.0493. The van der Waals surface area contributed by atoms with Crippen molar-refractivity contribution in [3.8, 4) is 5.75 Å². The summed E-state index contributed by atoms with van der Waals surface area (Å²) in [5.41, 5.74) is 4.91. The maximum atomic E-state index is 13.5. The lowest BCUT2D eigenvalue weighted by atomic mass is 9.79. The van der Waals surface area contributed by atoms with Crippen LogP contribution in [-0.2, 0) is 0 Å². The highest BCUT2D eigenvalue weighted by atomic mass is 19.1. The molecule has 1 unspecified atom stereocenters. The van der Waals surface area contributed by atoms with Crippen molar-refractivity contribution in [3.63, 3.8) is 0 Å². The molecule has 27 heavy (non-hydrogen) atoms. The van der Waals surface area contributed by atoms with Crippen molar-refractivity contribution in [2.24, 2.45) is 0 Å². The minimum absolute atomic E-state index is 0.0122. The van der Waals surface area contributed by atoms with Crippen LogP contribution in [0.5, 0.6) is 5.75 Å². The van der Waals surface area contributed by atoms with Crippen LogP contribution in [-0.4, -0.2) is 10.9 Å². The van der Waals surface area contributed by atoms with E-state index in [9.17, 15) is 14.3 Å². The first-order chi connectivity index (χ1) is 12.8. The molecule has 146 valence electrons. The molecule has 0 aromatic heterocycles. The smallest absolute Gasteiger partial charge is 0.160 e. The molecular weight excluding hydrogens is 339 g/mol. The second kappa shape index (κ2) is 9.16. The molecular formula is C24H31FO2. The zero-order chi connectivity index (χ0) is 20.1. The third-order valence-electron chi connectivity index (χ3n) is 5.65. The van der Waals surface area contributed by atoms with Crippen LogP contribution in [0.25, 0.3) is 0 Å². The minimum Gasteiger partial charge on any atom is -0.507 e. The molecule has 0 bridgehead atoms. The van der Waals surface area contributed by atoms with Gasteiger partial charge in [0.2, 0.25) is 0 Å². The Bertz CT molecular complexity index is 806. The zero-order valence-electron chi connectivity index (χ0n) is 17.2. The molecule has 0 radical (unpaired) electrons. The summed E-state index contributed by atoms with van der Waals surface area (Å²) < 4.78 is 13.5. The lowest BCUT2D eigenvalue weighted by Crippen LogP contribution is -2.11. The van der Waals surface area contributed by atoms with Crippen molar-refractivity contribution >= 4 is 5.78 Å². The summed E-state index contributed by atoms with van der Waals surface area (Å²) in [6.07, 6.45) is 5.34. The first-order valence-electron chi connectivity index (χ1n) is 9.88. The summed E-state index contributed by atoms with van der Waals surface area (Å²) in [6.45, 7) is 9.41. The fourth-order valence-corrected chi connectivity index (χ4v) is 4.06. The Hall–Kier alpha value is -2.16. The Morgan fingerprint density at radius 2 is 1.63 bits per heavy atom. The molecule has 2 nitrogen and oxygen atoms in total. The molecule has 0 heterocycles. The highest BCUT2D eigenvalue weighted by molar-refractivity contribution is 5.98. The number of Topliss-reactive ketones (excluding diaryl/α,β-unsaturated/α-hetero) is 1. The molecule has 0 fully saturated rings. The maximum Gasteiger partial charge on any atom is 0.160 e. The standard InChI is InChI=1S/C24H31FO2/c1-6-7-8-9-10-21(19-11-13-20(25)14-12-19)23-17(4)22(18(5)26)15(2)16(3)24(23)27/h11-14,21,27H,6-10H2,1-5H3. The topological polar surface area (TPSA) is 37.3 Å². The van der Waals surface area contributed by atoms with E-state index < -0.39 is 0 Å².